The van der Waals surface area contributed by atoms with Crippen molar-refractivity contribution >= 4 is 9.84 Å². The second-order valence-electron chi connectivity index (χ2n) is 11.4. The summed E-state index contributed by atoms with van der Waals surface area (Å²) in [6, 6.07) is -0.0391. The molecule has 0 aromatic carbocycles. The highest BCUT2D eigenvalue weighted by molar-refractivity contribution is 7.95. The standard InChI is InChI=1S/C20H39NO2S/c1-17(2,3)14-13-24(22,23)16(19(7,8)9)15(18(4,5)6)21(14)20(10,11)12/h14H,13H2,1-12H3. The van der Waals surface area contributed by atoms with Gasteiger partial charge < -0.3 is 4.90 Å². The van der Waals surface area contributed by atoms with E-state index in [4.69, 9.17) is 0 Å². The third kappa shape index (κ3) is 4.17. The smallest absolute Gasteiger partial charge is 0.178 e. The van der Waals surface area contributed by atoms with Gasteiger partial charge in [-0.2, -0.15) is 0 Å². The van der Waals surface area contributed by atoms with Crippen LogP contribution >= 0.6 is 0 Å². The second-order valence-corrected chi connectivity index (χ2v) is 13.4. The second kappa shape index (κ2) is 5.75. The maximum Gasteiger partial charge on any atom is 0.178 e. The van der Waals surface area contributed by atoms with Crippen LogP contribution in [0.5, 0.6) is 0 Å². The van der Waals surface area contributed by atoms with Gasteiger partial charge in [-0.05, 0) is 31.6 Å². The molecule has 0 aromatic heterocycles. The molecule has 0 N–H and O–H groups in total. The number of hydrogen-bond donors (Lipinski definition) is 0. The molecule has 0 spiro atoms. The van der Waals surface area contributed by atoms with Crippen molar-refractivity contribution in [2.24, 2.45) is 16.2 Å². The number of rotatable bonds is 0. The van der Waals surface area contributed by atoms with Gasteiger partial charge >= 0.3 is 0 Å². The average molecular weight is 358 g/mol. The number of sulfone groups is 1. The van der Waals surface area contributed by atoms with Crippen LogP contribution in [0.3, 0.4) is 0 Å². The molecule has 1 heterocycles. The van der Waals surface area contributed by atoms with Crippen molar-refractivity contribution < 1.29 is 8.42 Å². The first-order valence-electron chi connectivity index (χ1n) is 8.98. The van der Waals surface area contributed by atoms with Gasteiger partial charge in [0.15, 0.2) is 9.84 Å². The van der Waals surface area contributed by atoms with Crippen LogP contribution in [0.15, 0.2) is 10.6 Å². The third-order valence-electron chi connectivity index (χ3n) is 4.57. The van der Waals surface area contributed by atoms with Gasteiger partial charge in [-0.15, -0.1) is 0 Å². The van der Waals surface area contributed by atoms with Crippen molar-refractivity contribution in [3.8, 4) is 0 Å². The van der Waals surface area contributed by atoms with Gasteiger partial charge in [-0.25, -0.2) is 8.42 Å². The van der Waals surface area contributed by atoms with Crippen molar-refractivity contribution in [3.05, 3.63) is 10.6 Å². The molecule has 1 rings (SSSR count). The lowest BCUT2D eigenvalue weighted by Gasteiger charge is -2.56. The Labute approximate surface area is 150 Å². The molecule has 0 radical (unpaired) electrons. The van der Waals surface area contributed by atoms with E-state index in [2.05, 4.69) is 67.2 Å². The fourth-order valence-corrected chi connectivity index (χ4v) is 6.61. The lowest BCUT2D eigenvalue weighted by Crippen LogP contribution is -2.60. The summed E-state index contributed by atoms with van der Waals surface area (Å²) in [6.45, 7) is 25.5. The molecule has 24 heavy (non-hydrogen) atoms. The number of nitrogens with zero attached hydrogens (tertiary/aromatic N) is 1. The van der Waals surface area contributed by atoms with Crippen molar-refractivity contribution in [1.29, 1.82) is 0 Å². The lowest BCUT2D eigenvalue weighted by molar-refractivity contribution is 0.0425. The monoisotopic (exact) mass is 357 g/mol. The quantitative estimate of drug-likeness (QED) is 0.595. The topological polar surface area (TPSA) is 37.4 Å². The maximum absolute atomic E-state index is 13.3. The van der Waals surface area contributed by atoms with Crippen LogP contribution in [0, 0.1) is 16.2 Å². The first-order valence-corrected chi connectivity index (χ1v) is 10.6. The van der Waals surface area contributed by atoms with Crippen molar-refractivity contribution in [3.63, 3.8) is 0 Å². The molecule has 0 bridgehead atoms. The SMILES string of the molecule is CC(C)(C)C1=C(C(C)(C)C)S(=O)(=O)CC(C(C)(C)C)N1C(C)(C)C. The van der Waals surface area contributed by atoms with E-state index in [0.29, 0.717) is 4.91 Å². The fraction of sp³-hybridized carbons (Fsp3) is 0.900. The van der Waals surface area contributed by atoms with Crippen molar-refractivity contribution in [2.45, 2.75) is 94.7 Å². The summed E-state index contributed by atoms with van der Waals surface area (Å²) >= 11 is 0. The van der Waals surface area contributed by atoms with E-state index >= 15 is 0 Å². The Kier molecular flexibility index (Phi) is 5.16. The highest BCUT2D eigenvalue weighted by atomic mass is 32.2. The Hall–Kier alpha value is -0.510. The minimum absolute atomic E-state index is 0.0391. The van der Waals surface area contributed by atoms with Gasteiger partial charge in [0.25, 0.3) is 0 Å². The van der Waals surface area contributed by atoms with E-state index in [1.165, 1.54) is 0 Å². The lowest BCUT2D eigenvalue weighted by atomic mass is 9.78. The predicted molar refractivity (Wildman–Crippen MR) is 105 cm³/mol. The van der Waals surface area contributed by atoms with Crippen LogP contribution in [0.4, 0.5) is 0 Å². The van der Waals surface area contributed by atoms with Gasteiger partial charge in [-0.3, -0.25) is 0 Å². The minimum atomic E-state index is -3.30. The minimum Gasteiger partial charge on any atom is -0.364 e. The Balaban J connectivity index is 4.00. The molecule has 142 valence electrons. The van der Waals surface area contributed by atoms with Crippen LogP contribution < -0.4 is 0 Å². The molecule has 1 aliphatic heterocycles. The van der Waals surface area contributed by atoms with Crippen LogP contribution in [-0.2, 0) is 9.84 Å². The van der Waals surface area contributed by atoms with Gasteiger partial charge in [0, 0.05) is 22.7 Å². The van der Waals surface area contributed by atoms with E-state index in [1.807, 2.05) is 20.8 Å². The Bertz CT molecular complexity index is 615. The molecule has 1 unspecified atom stereocenters. The largest absolute Gasteiger partial charge is 0.364 e. The highest BCUT2D eigenvalue weighted by Gasteiger charge is 2.51. The molecular formula is C20H39NO2S. The average Bonchev–Trinajstić information content (AvgIpc) is 2.19. The number of hydrogen-bond acceptors (Lipinski definition) is 3. The van der Waals surface area contributed by atoms with Crippen LogP contribution in [0.1, 0.15) is 83.1 Å². The van der Waals surface area contributed by atoms with E-state index in [-0.39, 0.29) is 28.2 Å². The van der Waals surface area contributed by atoms with E-state index in [0.717, 1.165) is 5.70 Å². The van der Waals surface area contributed by atoms with E-state index in [9.17, 15) is 8.42 Å². The zero-order valence-corrected chi connectivity index (χ0v) is 18.8. The molecule has 0 aliphatic carbocycles. The summed E-state index contributed by atoms with van der Waals surface area (Å²) in [7, 11) is -3.30. The maximum atomic E-state index is 13.3. The van der Waals surface area contributed by atoms with Gasteiger partial charge in [0.1, 0.15) is 0 Å². The number of allylic oxidation sites excluding steroid dienone is 2. The van der Waals surface area contributed by atoms with E-state index < -0.39 is 15.3 Å². The molecule has 4 heteroatoms. The normalized spacial score (nSPS) is 23.7. The molecule has 0 saturated heterocycles. The Morgan fingerprint density at radius 2 is 1.21 bits per heavy atom. The summed E-state index contributed by atoms with van der Waals surface area (Å²) in [5.41, 5.74) is 0.0715. The van der Waals surface area contributed by atoms with Gasteiger partial charge in [0.2, 0.25) is 0 Å². The molecule has 1 atom stereocenters. The molecule has 3 nitrogen and oxygen atoms in total. The summed E-state index contributed by atoms with van der Waals surface area (Å²) in [4.78, 5) is 3.03. The summed E-state index contributed by atoms with van der Waals surface area (Å²) in [5.74, 6) is 0.194. The van der Waals surface area contributed by atoms with Crippen LogP contribution in [-0.4, -0.2) is 30.7 Å². The van der Waals surface area contributed by atoms with Gasteiger partial charge in [-0.1, -0.05) is 62.3 Å². The zero-order valence-electron chi connectivity index (χ0n) is 18.0. The molecule has 0 saturated carbocycles. The van der Waals surface area contributed by atoms with Gasteiger partial charge in [0.05, 0.1) is 10.7 Å². The Morgan fingerprint density at radius 3 is 1.46 bits per heavy atom. The molecule has 0 aromatic rings. The predicted octanol–water partition coefficient (Wildman–Crippen LogP) is 5.23. The van der Waals surface area contributed by atoms with Crippen LogP contribution in [0.2, 0.25) is 0 Å². The van der Waals surface area contributed by atoms with Crippen molar-refractivity contribution in [1.82, 2.24) is 4.90 Å². The van der Waals surface area contributed by atoms with Crippen LogP contribution in [0.25, 0.3) is 0 Å². The molecule has 0 fully saturated rings. The first-order chi connectivity index (χ1) is 10.2. The Morgan fingerprint density at radius 1 is 0.792 bits per heavy atom. The first kappa shape index (κ1) is 21.5. The summed E-state index contributed by atoms with van der Waals surface area (Å²) in [6.07, 6.45) is 0. The summed E-state index contributed by atoms with van der Waals surface area (Å²) < 4.78 is 26.7. The summed E-state index contributed by atoms with van der Waals surface area (Å²) in [5, 5.41) is 0. The zero-order chi connectivity index (χ0) is 19.5. The molecular weight excluding hydrogens is 318 g/mol. The molecule has 1 aliphatic rings. The highest BCUT2D eigenvalue weighted by Crippen LogP contribution is 2.50. The fourth-order valence-electron chi connectivity index (χ4n) is 3.74. The third-order valence-corrected chi connectivity index (χ3v) is 6.75. The van der Waals surface area contributed by atoms with Crippen molar-refractivity contribution in [2.75, 3.05) is 5.75 Å². The molecule has 0 amide bonds. The van der Waals surface area contributed by atoms with E-state index in [1.54, 1.807) is 0 Å².